The summed E-state index contributed by atoms with van der Waals surface area (Å²) in [7, 11) is 0. The third-order valence-electron chi connectivity index (χ3n) is 3.27. The largest absolute Gasteiger partial charge is 0.363 e. The third kappa shape index (κ3) is 6.92. The minimum atomic E-state index is -0.259. The molecule has 1 rings (SSSR count). The second-order valence-electron chi connectivity index (χ2n) is 5.00. The second-order valence-corrected chi connectivity index (χ2v) is 5.00. The molecule has 0 fully saturated rings. The quantitative estimate of drug-likeness (QED) is 0.673. The van der Waals surface area contributed by atoms with Gasteiger partial charge < -0.3 is 14.7 Å². The van der Waals surface area contributed by atoms with Crippen molar-refractivity contribution in [1.82, 2.24) is 10.1 Å². The highest BCUT2D eigenvalue weighted by atomic mass is 16.5. The lowest BCUT2D eigenvalue weighted by atomic mass is 10.1. The number of nitrogens with zero attached hydrogens (tertiary/aromatic N) is 2. The Bertz CT molecular complexity index is 418. The standard InChI is InChI=1S/C15H25N3O3/c1-3-5-6-7-8-9-15(20)18(4-2)12-14(19)16-13-10-11-21-17-13/h10-11H,3-9,12H2,1-2H3,(H,16,17,19). The SMILES string of the molecule is CCCCCCCC(=O)N(CC)CC(=O)Nc1ccon1. The normalized spacial score (nSPS) is 10.4. The van der Waals surface area contributed by atoms with E-state index in [2.05, 4.69) is 21.9 Å². The lowest BCUT2D eigenvalue weighted by Crippen LogP contribution is -2.37. The van der Waals surface area contributed by atoms with E-state index >= 15 is 0 Å². The number of nitrogens with one attached hydrogen (secondary N) is 1. The van der Waals surface area contributed by atoms with Gasteiger partial charge in [-0.3, -0.25) is 9.59 Å². The highest BCUT2D eigenvalue weighted by Gasteiger charge is 2.15. The van der Waals surface area contributed by atoms with Crippen molar-refractivity contribution in [2.45, 2.75) is 52.4 Å². The van der Waals surface area contributed by atoms with Gasteiger partial charge in [-0.2, -0.15) is 0 Å². The molecular weight excluding hydrogens is 270 g/mol. The zero-order valence-electron chi connectivity index (χ0n) is 12.9. The number of anilines is 1. The van der Waals surface area contributed by atoms with Gasteiger partial charge in [-0.15, -0.1) is 0 Å². The molecule has 1 aromatic heterocycles. The van der Waals surface area contributed by atoms with Crippen LogP contribution in [-0.4, -0.2) is 35.0 Å². The maximum atomic E-state index is 12.1. The lowest BCUT2D eigenvalue weighted by molar-refractivity contribution is -0.134. The van der Waals surface area contributed by atoms with Crippen LogP contribution in [0.15, 0.2) is 16.9 Å². The van der Waals surface area contributed by atoms with Gasteiger partial charge in [-0.05, 0) is 13.3 Å². The Hall–Kier alpha value is -1.85. The molecule has 6 nitrogen and oxygen atoms in total. The molecule has 2 amide bonds. The van der Waals surface area contributed by atoms with E-state index < -0.39 is 0 Å². The van der Waals surface area contributed by atoms with Crippen LogP contribution < -0.4 is 5.32 Å². The van der Waals surface area contributed by atoms with E-state index in [1.165, 1.54) is 25.5 Å². The molecule has 0 aliphatic rings. The molecule has 1 N–H and O–H groups in total. The van der Waals surface area contributed by atoms with E-state index in [1.807, 2.05) is 6.92 Å². The maximum absolute atomic E-state index is 12.1. The molecule has 0 radical (unpaired) electrons. The van der Waals surface area contributed by atoms with Gasteiger partial charge >= 0.3 is 0 Å². The number of unbranched alkanes of at least 4 members (excludes halogenated alkanes) is 4. The van der Waals surface area contributed by atoms with E-state index in [-0.39, 0.29) is 18.4 Å². The van der Waals surface area contributed by atoms with Crippen molar-refractivity contribution in [2.75, 3.05) is 18.4 Å². The summed E-state index contributed by atoms with van der Waals surface area (Å²) in [6.45, 7) is 4.62. The first-order chi connectivity index (χ1) is 10.2. The van der Waals surface area contributed by atoms with Gasteiger partial charge in [0.25, 0.3) is 0 Å². The molecule has 118 valence electrons. The first-order valence-corrected chi connectivity index (χ1v) is 7.65. The molecule has 0 aliphatic heterocycles. The Balaban J connectivity index is 2.28. The molecule has 21 heavy (non-hydrogen) atoms. The van der Waals surface area contributed by atoms with Crippen molar-refractivity contribution >= 4 is 17.6 Å². The van der Waals surface area contributed by atoms with E-state index in [0.29, 0.717) is 18.8 Å². The van der Waals surface area contributed by atoms with Crippen LogP contribution in [-0.2, 0) is 9.59 Å². The Kier molecular flexibility index (Phi) is 8.16. The summed E-state index contributed by atoms with van der Waals surface area (Å²) < 4.78 is 4.63. The Morgan fingerprint density at radius 1 is 1.24 bits per heavy atom. The monoisotopic (exact) mass is 295 g/mol. The maximum Gasteiger partial charge on any atom is 0.245 e. The van der Waals surface area contributed by atoms with Crippen LogP contribution >= 0.6 is 0 Å². The molecule has 1 heterocycles. The number of hydrogen-bond donors (Lipinski definition) is 1. The number of carbonyl (C=O) groups excluding carboxylic acids is 2. The van der Waals surface area contributed by atoms with Gasteiger partial charge in [0.1, 0.15) is 6.26 Å². The summed E-state index contributed by atoms with van der Waals surface area (Å²) in [5, 5.41) is 6.19. The number of aromatic nitrogens is 1. The predicted molar refractivity (Wildman–Crippen MR) is 80.8 cm³/mol. The highest BCUT2D eigenvalue weighted by Crippen LogP contribution is 2.07. The van der Waals surface area contributed by atoms with Crippen molar-refractivity contribution in [3.8, 4) is 0 Å². The van der Waals surface area contributed by atoms with Crippen LogP contribution in [0.3, 0.4) is 0 Å². The predicted octanol–water partition coefficient (Wildman–Crippen LogP) is 2.82. The fourth-order valence-electron chi connectivity index (χ4n) is 2.05. The molecular formula is C15H25N3O3. The molecule has 0 aromatic carbocycles. The Morgan fingerprint density at radius 2 is 2.00 bits per heavy atom. The summed E-state index contributed by atoms with van der Waals surface area (Å²) in [6.07, 6.45) is 7.43. The molecule has 0 aliphatic carbocycles. The van der Waals surface area contributed by atoms with Crippen LogP contribution in [0, 0.1) is 0 Å². The van der Waals surface area contributed by atoms with Crippen molar-refractivity contribution in [3.05, 3.63) is 12.3 Å². The van der Waals surface area contributed by atoms with Gasteiger partial charge in [0.15, 0.2) is 5.82 Å². The van der Waals surface area contributed by atoms with Crippen LogP contribution in [0.25, 0.3) is 0 Å². The van der Waals surface area contributed by atoms with Crippen LogP contribution in [0.5, 0.6) is 0 Å². The van der Waals surface area contributed by atoms with Gasteiger partial charge in [0, 0.05) is 19.0 Å². The van der Waals surface area contributed by atoms with Crippen LogP contribution in [0.2, 0.25) is 0 Å². The van der Waals surface area contributed by atoms with E-state index in [1.54, 1.807) is 11.0 Å². The number of amides is 2. The number of rotatable bonds is 10. The summed E-state index contributed by atoms with van der Waals surface area (Å²) in [6, 6.07) is 1.56. The molecule has 6 heteroatoms. The molecule has 0 unspecified atom stereocenters. The topological polar surface area (TPSA) is 75.4 Å². The van der Waals surface area contributed by atoms with Crippen molar-refractivity contribution in [3.63, 3.8) is 0 Å². The first-order valence-electron chi connectivity index (χ1n) is 7.65. The summed E-state index contributed by atoms with van der Waals surface area (Å²) in [4.78, 5) is 25.4. The first kappa shape index (κ1) is 17.2. The van der Waals surface area contributed by atoms with E-state index in [9.17, 15) is 9.59 Å². The van der Waals surface area contributed by atoms with Crippen molar-refractivity contribution in [2.24, 2.45) is 0 Å². The second kappa shape index (κ2) is 9.96. The fraction of sp³-hybridized carbons (Fsp3) is 0.667. The molecule has 0 atom stereocenters. The van der Waals surface area contributed by atoms with Gasteiger partial charge in [-0.25, -0.2) is 0 Å². The van der Waals surface area contributed by atoms with Crippen LogP contribution in [0.1, 0.15) is 52.4 Å². The van der Waals surface area contributed by atoms with E-state index in [4.69, 9.17) is 0 Å². The smallest absolute Gasteiger partial charge is 0.245 e. The lowest BCUT2D eigenvalue weighted by Gasteiger charge is -2.20. The molecule has 0 saturated heterocycles. The Morgan fingerprint density at radius 3 is 2.62 bits per heavy atom. The van der Waals surface area contributed by atoms with E-state index in [0.717, 1.165) is 12.8 Å². The molecule has 0 spiro atoms. The van der Waals surface area contributed by atoms with Gasteiger partial charge in [0.05, 0.1) is 6.54 Å². The minimum absolute atomic E-state index is 0.0318. The molecule has 0 bridgehead atoms. The fourth-order valence-corrected chi connectivity index (χ4v) is 2.05. The minimum Gasteiger partial charge on any atom is -0.363 e. The highest BCUT2D eigenvalue weighted by molar-refractivity contribution is 5.93. The van der Waals surface area contributed by atoms with Gasteiger partial charge in [-0.1, -0.05) is 37.8 Å². The molecule has 1 aromatic rings. The average Bonchev–Trinajstić information content (AvgIpc) is 2.97. The Labute approximate surface area is 125 Å². The van der Waals surface area contributed by atoms with Crippen molar-refractivity contribution < 1.29 is 14.1 Å². The van der Waals surface area contributed by atoms with Crippen molar-refractivity contribution in [1.29, 1.82) is 0 Å². The zero-order valence-corrected chi connectivity index (χ0v) is 12.9. The van der Waals surface area contributed by atoms with Gasteiger partial charge in [0.2, 0.25) is 11.8 Å². The number of likely N-dealkylation sites (N-methyl/N-ethyl adjacent to an activating group) is 1. The number of hydrogen-bond acceptors (Lipinski definition) is 4. The molecule has 0 saturated carbocycles. The summed E-state index contributed by atoms with van der Waals surface area (Å²) in [5.41, 5.74) is 0. The zero-order chi connectivity index (χ0) is 15.5. The number of carbonyl (C=O) groups is 2. The van der Waals surface area contributed by atoms with Crippen LogP contribution in [0.4, 0.5) is 5.82 Å². The summed E-state index contributed by atoms with van der Waals surface area (Å²) in [5.74, 6) is 0.137. The average molecular weight is 295 g/mol. The summed E-state index contributed by atoms with van der Waals surface area (Å²) >= 11 is 0. The third-order valence-corrected chi connectivity index (χ3v) is 3.27.